The number of hydrogen-bond acceptors (Lipinski definition) is 5. The molecule has 0 aliphatic heterocycles. The van der Waals surface area contributed by atoms with Crippen molar-refractivity contribution in [2.75, 3.05) is 13.7 Å². The van der Waals surface area contributed by atoms with Crippen LogP contribution in [0.25, 0.3) is 0 Å². The summed E-state index contributed by atoms with van der Waals surface area (Å²) in [6.45, 7) is 2.06. The second kappa shape index (κ2) is 6.70. The molecule has 0 atom stereocenters. The van der Waals surface area contributed by atoms with Gasteiger partial charge in [-0.25, -0.2) is 9.78 Å². The fourth-order valence-corrected chi connectivity index (χ4v) is 1.75. The maximum Gasteiger partial charge on any atom is 0.378 e. The van der Waals surface area contributed by atoms with Crippen LogP contribution in [0.4, 0.5) is 0 Å². The minimum Gasteiger partial charge on any atom is -0.497 e. The summed E-state index contributed by atoms with van der Waals surface area (Å²) in [5.41, 5.74) is 1.17. The van der Waals surface area contributed by atoms with E-state index in [1.807, 2.05) is 24.3 Å². The second-order valence-electron chi connectivity index (χ2n) is 4.17. The maximum absolute atomic E-state index is 11.4. The van der Waals surface area contributed by atoms with Crippen LogP contribution < -0.4 is 4.74 Å². The number of aromatic nitrogens is 3. The van der Waals surface area contributed by atoms with E-state index in [2.05, 4.69) is 15.2 Å². The van der Waals surface area contributed by atoms with Crippen LogP contribution in [0.5, 0.6) is 5.75 Å². The lowest BCUT2D eigenvalue weighted by Crippen LogP contribution is -2.06. The number of nitrogens with one attached hydrogen (secondary N) is 1. The highest BCUT2D eigenvalue weighted by molar-refractivity contribution is 5.84. The zero-order valence-electron chi connectivity index (χ0n) is 11.5. The molecule has 1 aromatic carbocycles. The Morgan fingerprint density at radius 2 is 2.00 bits per heavy atom. The topological polar surface area (TPSA) is 77.1 Å². The van der Waals surface area contributed by atoms with Crippen molar-refractivity contribution in [3.8, 4) is 5.75 Å². The molecule has 6 heteroatoms. The fourth-order valence-electron chi connectivity index (χ4n) is 1.75. The Bertz CT molecular complexity index is 563. The van der Waals surface area contributed by atoms with Gasteiger partial charge in [0.15, 0.2) is 0 Å². The summed E-state index contributed by atoms with van der Waals surface area (Å²) in [7, 11) is 1.64. The van der Waals surface area contributed by atoms with Gasteiger partial charge in [0.2, 0.25) is 0 Å². The summed E-state index contributed by atoms with van der Waals surface area (Å²) in [5.74, 6) is 1.08. The number of hydrogen-bond donors (Lipinski definition) is 1. The molecule has 2 aromatic rings. The lowest BCUT2D eigenvalue weighted by Gasteiger charge is -2.02. The quantitative estimate of drug-likeness (QED) is 0.813. The first-order valence-electron chi connectivity index (χ1n) is 6.44. The number of H-pyrrole nitrogens is 1. The molecule has 1 aromatic heterocycles. The molecule has 0 saturated heterocycles. The predicted octanol–water partition coefficient (Wildman–Crippen LogP) is 1.78. The van der Waals surface area contributed by atoms with E-state index in [9.17, 15) is 4.79 Å². The smallest absolute Gasteiger partial charge is 0.378 e. The molecule has 20 heavy (non-hydrogen) atoms. The van der Waals surface area contributed by atoms with Gasteiger partial charge in [-0.2, -0.15) is 0 Å². The fraction of sp³-hybridized carbons (Fsp3) is 0.357. The van der Waals surface area contributed by atoms with E-state index < -0.39 is 5.97 Å². The Labute approximate surface area is 117 Å². The van der Waals surface area contributed by atoms with Gasteiger partial charge < -0.3 is 9.47 Å². The van der Waals surface area contributed by atoms with Gasteiger partial charge in [-0.15, -0.1) is 5.10 Å². The summed E-state index contributed by atoms with van der Waals surface area (Å²) >= 11 is 0. The van der Waals surface area contributed by atoms with Crippen LogP contribution in [0, 0.1) is 0 Å². The van der Waals surface area contributed by atoms with Crippen molar-refractivity contribution < 1.29 is 14.3 Å². The van der Waals surface area contributed by atoms with Crippen LogP contribution in [-0.2, 0) is 17.6 Å². The number of esters is 1. The van der Waals surface area contributed by atoms with E-state index in [0.717, 1.165) is 12.2 Å². The Morgan fingerprint density at radius 3 is 2.65 bits per heavy atom. The summed E-state index contributed by atoms with van der Waals surface area (Å²) < 4.78 is 9.94. The largest absolute Gasteiger partial charge is 0.497 e. The van der Waals surface area contributed by atoms with E-state index in [1.54, 1.807) is 14.0 Å². The monoisotopic (exact) mass is 275 g/mol. The van der Waals surface area contributed by atoms with Crippen molar-refractivity contribution in [3.05, 3.63) is 41.5 Å². The Hall–Kier alpha value is -2.37. The minimum absolute atomic E-state index is 0.0802. The third-order valence-electron chi connectivity index (χ3n) is 2.80. The first kappa shape index (κ1) is 14.0. The van der Waals surface area contributed by atoms with Crippen molar-refractivity contribution in [3.63, 3.8) is 0 Å². The number of carbonyl (C=O) groups excluding carboxylic acids is 1. The average molecular weight is 275 g/mol. The van der Waals surface area contributed by atoms with Crippen LogP contribution >= 0.6 is 0 Å². The van der Waals surface area contributed by atoms with Crippen molar-refractivity contribution >= 4 is 5.97 Å². The molecule has 6 nitrogen and oxygen atoms in total. The number of methoxy groups -OCH3 is 1. The lowest BCUT2D eigenvalue weighted by atomic mass is 10.1. The van der Waals surface area contributed by atoms with Gasteiger partial charge in [0.1, 0.15) is 11.6 Å². The Morgan fingerprint density at radius 1 is 1.25 bits per heavy atom. The molecule has 2 rings (SSSR count). The molecular weight excluding hydrogens is 258 g/mol. The third-order valence-corrected chi connectivity index (χ3v) is 2.80. The number of rotatable bonds is 6. The number of aromatic amines is 1. The Kier molecular flexibility index (Phi) is 4.70. The normalized spacial score (nSPS) is 10.3. The van der Waals surface area contributed by atoms with Gasteiger partial charge in [-0.3, -0.25) is 5.10 Å². The minimum atomic E-state index is -0.501. The molecule has 1 N–H and O–H groups in total. The summed E-state index contributed by atoms with van der Waals surface area (Å²) in [6, 6.07) is 7.84. The summed E-state index contributed by atoms with van der Waals surface area (Å²) in [5, 5.41) is 6.59. The molecule has 0 saturated carbocycles. The van der Waals surface area contributed by atoms with Crippen LogP contribution in [0.1, 0.15) is 28.9 Å². The first-order chi connectivity index (χ1) is 9.72. The SMILES string of the molecule is CCOC(=O)c1n[nH]c(CCc2ccc(OC)cc2)n1. The first-order valence-corrected chi connectivity index (χ1v) is 6.44. The van der Waals surface area contributed by atoms with Gasteiger partial charge >= 0.3 is 5.97 Å². The van der Waals surface area contributed by atoms with Crippen molar-refractivity contribution in [1.29, 1.82) is 0 Å². The van der Waals surface area contributed by atoms with E-state index in [4.69, 9.17) is 9.47 Å². The molecule has 1 heterocycles. The molecular formula is C14H17N3O3. The Balaban J connectivity index is 1.91. The van der Waals surface area contributed by atoms with Crippen LogP contribution in [0.15, 0.2) is 24.3 Å². The maximum atomic E-state index is 11.4. The molecule has 0 radical (unpaired) electrons. The van der Waals surface area contributed by atoms with Gasteiger partial charge in [0, 0.05) is 6.42 Å². The standard InChI is InChI=1S/C14H17N3O3/c1-3-20-14(18)13-15-12(16-17-13)9-6-10-4-7-11(19-2)8-5-10/h4-5,7-8H,3,6,9H2,1-2H3,(H,15,16,17). The number of aryl methyl sites for hydroxylation is 2. The van der Waals surface area contributed by atoms with E-state index in [0.29, 0.717) is 18.9 Å². The van der Waals surface area contributed by atoms with Gasteiger partial charge in [0.05, 0.1) is 13.7 Å². The molecule has 106 valence electrons. The molecule has 0 spiro atoms. The highest BCUT2D eigenvalue weighted by Gasteiger charge is 2.13. The van der Waals surface area contributed by atoms with Gasteiger partial charge in [-0.05, 0) is 31.0 Å². The molecule has 0 aliphatic carbocycles. The molecule has 0 unspecified atom stereocenters. The van der Waals surface area contributed by atoms with Gasteiger partial charge in [0.25, 0.3) is 5.82 Å². The zero-order valence-corrected chi connectivity index (χ0v) is 11.5. The highest BCUT2D eigenvalue weighted by atomic mass is 16.5. The van der Waals surface area contributed by atoms with E-state index in [1.165, 1.54) is 5.56 Å². The highest BCUT2D eigenvalue weighted by Crippen LogP contribution is 2.12. The molecule has 0 amide bonds. The third kappa shape index (κ3) is 3.57. The molecule has 0 bridgehead atoms. The van der Waals surface area contributed by atoms with E-state index in [-0.39, 0.29) is 5.82 Å². The number of carbonyl (C=O) groups is 1. The number of ether oxygens (including phenoxy) is 2. The zero-order chi connectivity index (χ0) is 14.4. The second-order valence-corrected chi connectivity index (χ2v) is 4.17. The lowest BCUT2D eigenvalue weighted by molar-refractivity contribution is 0.0512. The number of benzene rings is 1. The summed E-state index contributed by atoms with van der Waals surface area (Å²) in [6.07, 6.45) is 1.49. The van der Waals surface area contributed by atoms with Gasteiger partial charge in [-0.1, -0.05) is 12.1 Å². The van der Waals surface area contributed by atoms with Crippen molar-refractivity contribution in [1.82, 2.24) is 15.2 Å². The molecule has 0 aliphatic rings. The molecule has 0 fully saturated rings. The summed E-state index contributed by atoms with van der Waals surface area (Å²) in [4.78, 5) is 15.5. The predicted molar refractivity (Wildman–Crippen MR) is 72.7 cm³/mol. The average Bonchev–Trinajstić information content (AvgIpc) is 2.95. The van der Waals surface area contributed by atoms with Crippen LogP contribution in [0.3, 0.4) is 0 Å². The van der Waals surface area contributed by atoms with Crippen molar-refractivity contribution in [2.45, 2.75) is 19.8 Å². The van der Waals surface area contributed by atoms with Crippen LogP contribution in [0.2, 0.25) is 0 Å². The van der Waals surface area contributed by atoms with E-state index >= 15 is 0 Å². The van der Waals surface area contributed by atoms with Crippen molar-refractivity contribution in [2.24, 2.45) is 0 Å². The van der Waals surface area contributed by atoms with Crippen LogP contribution in [-0.4, -0.2) is 34.9 Å². The number of nitrogens with zero attached hydrogens (tertiary/aromatic N) is 2.